The predicted molar refractivity (Wildman–Crippen MR) is 130 cm³/mol. The minimum atomic E-state index is -0.668. The van der Waals surface area contributed by atoms with Crippen molar-refractivity contribution in [1.29, 1.82) is 0 Å². The molecular formula is C21H27Cl2FN6OS. The quantitative estimate of drug-likeness (QED) is 0.592. The van der Waals surface area contributed by atoms with Crippen LogP contribution in [0.4, 0.5) is 9.52 Å². The lowest BCUT2D eigenvalue weighted by molar-refractivity contribution is -0.138. The van der Waals surface area contributed by atoms with Gasteiger partial charge in [-0.2, -0.15) is 0 Å². The summed E-state index contributed by atoms with van der Waals surface area (Å²) in [6, 6.07) is 6.30. The molecule has 2 N–H and O–H groups in total. The fourth-order valence-electron chi connectivity index (χ4n) is 4.39. The normalized spacial score (nSPS) is 18.2. The number of halogens is 3. The SMILES string of the molecule is Cl.Cl.NC1(C(=O)N2CCN(c3nn4cc(-c5ccc(F)cc5)nc4s3)CC2)CCCCC1. The molecule has 1 aliphatic carbocycles. The molecule has 1 saturated heterocycles. The second kappa shape index (κ2) is 9.91. The average Bonchev–Trinajstić information content (AvgIpc) is 3.34. The van der Waals surface area contributed by atoms with Gasteiger partial charge in [0.1, 0.15) is 5.82 Å². The van der Waals surface area contributed by atoms with E-state index in [1.54, 1.807) is 16.6 Å². The number of fused-ring (bicyclic) bond motifs is 1. The Labute approximate surface area is 202 Å². The number of aromatic nitrogens is 3. The van der Waals surface area contributed by atoms with E-state index in [-0.39, 0.29) is 36.5 Å². The molecule has 1 saturated carbocycles. The van der Waals surface area contributed by atoms with Crippen molar-refractivity contribution in [3.8, 4) is 11.3 Å². The molecule has 11 heteroatoms. The molecule has 0 atom stereocenters. The first-order valence-electron chi connectivity index (χ1n) is 10.5. The largest absolute Gasteiger partial charge is 0.343 e. The topological polar surface area (TPSA) is 79.8 Å². The summed E-state index contributed by atoms with van der Waals surface area (Å²) in [4.78, 5) is 22.5. The molecule has 1 aliphatic heterocycles. The standard InChI is InChI=1S/C21H25FN6OS.2ClH/c22-16-6-4-15(5-7-16)17-14-28-19(24-17)30-20(25-28)27-12-10-26(11-13-27)18(29)21(23)8-2-1-3-9-21;;/h4-7,14H,1-3,8-13,23H2;2*1H. The first-order valence-corrected chi connectivity index (χ1v) is 11.3. The highest BCUT2D eigenvalue weighted by molar-refractivity contribution is 7.20. The molecule has 174 valence electrons. The van der Waals surface area contributed by atoms with Crippen LogP contribution in [0.3, 0.4) is 0 Å². The van der Waals surface area contributed by atoms with Crippen molar-refractivity contribution < 1.29 is 9.18 Å². The van der Waals surface area contributed by atoms with Crippen LogP contribution in [0, 0.1) is 5.82 Å². The molecule has 0 unspecified atom stereocenters. The molecule has 7 nitrogen and oxygen atoms in total. The van der Waals surface area contributed by atoms with E-state index in [0.29, 0.717) is 13.1 Å². The van der Waals surface area contributed by atoms with Gasteiger partial charge < -0.3 is 15.5 Å². The molecule has 32 heavy (non-hydrogen) atoms. The van der Waals surface area contributed by atoms with Crippen LogP contribution in [0.1, 0.15) is 32.1 Å². The van der Waals surface area contributed by atoms with Gasteiger partial charge in [-0.05, 0) is 37.1 Å². The molecule has 1 aromatic carbocycles. The van der Waals surface area contributed by atoms with E-state index in [1.807, 2.05) is 11.1 Å². The number of hydrogen-bond donors (Lipinski definition) is 1. The molecule has 0 bridgehead atoms. The Bertz CT molecular complexity index is 1030. The molecule has 3 heterocycles. The molecule has 2 aromatic heterocycles. The first-order chi connectivity index (χ1) is 14.5. The lowest BCUT2D eigenvalue weighted by Gasteiger charge is -2.40. The summed E-state index contributed by atoms with van der Waals surface area (Å²) < 4.78 is 14.9. The highest BCUT2D eigenvalue weighted by Crippen LogP contribution is 2.30. The second-order valence-electron chi connectivity index (χ2n) is 8.24. The van der Waals surface area contributed by atoms with Crippen LogP contribution >= 0.6 is 36.2 Å². The van der Waals surface area contributed by atoms with Gasteiger partial charge in [0, 0.05) is 31.7 Å². The number of benzene rings is 1. The summed E-state index contributed by atoms with van der Waals surface area (Å²) in [5, 5.41) is 5.57. The Balaban J connectivity index is 0.00000144. The molecule has 1 amide bonds. The van der Waals surface area contributed by atoms with E-state index in [2.05, 4.69) is 15.0 Å². The number of imidazole rings is 1. The van der Waals surface area contributed by atoms with Gasteiger partial charge >= 0.3 is 0 Å². The summed E-state index contributed by atoms with van der Waals surface area (Å²) in [6.07, 6.45) is 6.72. The maximum absolute atomic E-state index is 13.1. The fourth-order valence-corrected chi connectivity index (χ4v) is 5.32. The zero-order valence-corrected chi connectivity index (χ0v) is 20.0. The van der Waals surface area contributed by atoms with Gasteiger partial charge in [0.25, 0.3) is 0 Å². The number of nitrogens with two attached hydrogens (primary N) is 1. The van der Waals surface area contributed by atoms with Crippen molar-refractivity contribution in [2.75, 3.05) is 31.1 Å². The number of piperazine rings is 1. The van der Waals surface area contributed by atoms with Crippen LogP contribution < -0.4 is 10.6 Å². The van der Waals surface area contributed by atoms with Crippen LogP contribution in [-0.4, -0.2) is 57.1 Å². The third-order valence-corrected chi connectivity index (χ3v) is 7.16. The van der Waals surface area contributed by atoms with Crippen molar-refractivity contribution in [3.05, 3.63) is 36.3 Å². The molecule has 0 spiro atoms. The lowest BCUT2D eigenvalue weighted by Crippen LogP contribution is -2.60. The number of anilines is 1. The summed E-state index contributed by atoms with van der Waals surface area (Å²) in [5.41, 5.74) is 7.41. The smallest absolute Gasteiger partial charge is 0.242 e. The summed E-state index contributed by atoms with van der Waals surface area (Å²) >= 11 is 1.52. The van der Waals surface area contributed by atoms with E-state index in [1.165, 1.54) is 29.9 Å². The van der Waals surface area contributed by atoms with Gasteiger partial charge in [0.2, 0.25) is 16.0 Å². The van der Waals surface area contributed by atoms with Crippen LogP contribution in [-0.2, 0) is 4.79 Å². The molecule has 2 aliphatic rings. The van der Waals surface area contributed by atoms with Gasteiger partial charge in [-0.1, -0.05) is 30.6 Å². The van der Waals surface area contributed by atoms with Gasteiger partial charge in [0.15, 0.2) is 0 Å². The third-order valence-electron chi connectivity index (χ3n) is 6.18. The van der Waals surface area contributed by atoms with E-state index in [4.69, 9.17) is 5.73 Å². The van der Waals surface area contributed by atoms with Crippen LogP contribution in [0.25, 0.3) is 16.2 Å². The minimum absolute atomic E-state index is 0. The first kappa shape index (κ1) is 24.7. The number of carbonyl (C=O) groups excluding carboxylic acids is 1. The van der Waals surface area contributed by atoms with Gasteiger partial charge in [0.05, 0.1) is 17.4 Å². The van der Waals surface area contributed by atoms with Crippen LogP contribution in [0.2, 0.25) is 0 Å². The van der Waals surface area contributed by atoms with Crippen LogP contribution in [0.15, 0.2) is 30.5 Å². The van der Waals surface area contributed by atoms with Crippen molar-refractivity contribution >= 4 is 52.2 Å². The minimum Gasteiger partial charge on any atom is -0.343 e. The number of amides is 1. The highest BCUT2D eigenvalue weighted by atomic mass is 35.5. The fraction of sp³-hybridized carbons (Fsp3) is 0.476. The highest BCUT2D eigenvalue weighted by Gasteiger charge is 2.39. The molecular weight excluding hydrogens is 474 g/mol. The van der Waals surface area contributed by atoms with Crippen molar-refractivity contribution in [2.24, 2.45) is 5.73 Å². The molecule has 5 rings (SSSR count). The van der Waals surface area contributed by atoms with Crippen LogP contribution in [0.5, 0.6) is 0 Å². The Morgan fingerprint density at radius 1 is 1.03 bits per heavy atom. The lowest BCUT2D eigenvalue weighted by atomic mass is 9.81. The van der Waals surface area contributed by atoms with Gasteiger partial charge in [-0.3, -0.25) is 4.79 Å². The monoisotopic (exact) mass is 500 g/mol. The van der Waals surface area contributed by atoms with E-state index in [0.717, 1.165) is 60.1 Å². The van der Waals surface area contributed by atoms with Crippen molar-refractivity contribution in [1.82, 2.24) is 19.5 Å². The van der Waals surface area contributed by atoms with Crippen molar-refractivity contribution in [2.45, 2.75) is 37.6 Å². The summed E-state index contributed by atoms with van der Waals surface area (Å²) in [6.45, 7) is 2.81. The van der Waals surface area contributed by atoms with Crippen molar-refractivity contribution in [3.63, 3.8) is 0 Å². The Morgan fingerprint density at radius 2 is 1.69 bits per heavy atom. The van der Waals surface area contributed by atoms with E-state index in [9.17, 15) is 9.18 Å². The molecule has 3 aromatic rings. The Morgan fingerprint density at radius 3 is 2.31 bits per heavy atom. The number of nitrogens with zero attached hydrogens (tertiary/aromatic N) is 5. The summed E-state index contributed by atoms with van der Waals surface area (Å²) in [7, 11) is 0. The molecule has 2 fully saturated rings. The number of hydrogen-bond acceptors (Lipinski definition) is 6. The number of carbonyl (C=O) groups is 1. The Hall–Kier alpha value is -1.94. The van der Waals surface area contributed by atoms with E-state index >= 15 is 0 Å². The Kier molecular flexibility index (Phi) is 7.65. The van der Waals surface area contributed by atoms with Gasteiger partial charge in [-0.15, -0.1) is 29.9 Å². The average molecular weight is 501 g/mol. The zero-order valence-electron chi connectivity index (χ0n) is 17.6. The zero-order chi connectivity index (χ0) is 20.7. The predicted octanol–water partition coefficient (Wildman–Crippen LogP) is 3.75. The number of rotatable bonds is 3. The summed E-state index contributed by atoms with van der Waals surface area (Å²) in [5.74, 6) is -0.151. The second-order valence-corrected chi connectivity index (χ2v) is 9.18. The molecule has 0 radical (unpaired) electrons. The third kappa shape index (κ3) is 4.71. The van der Waals surface area contributed by atoms with E-state index < -0.39 is 5.54 Å². The van der Waals surface area contributed by atoms with Gasteiger partial charge in [-0.25, -0.2) is 13.9 Å². The maximum Gasteiger partial charge on any atom is 0.242 e. The maximum atomic E-state index is 13.1.